The highest BCUT2D eigenvalue weighted by Crippen LogP contribution is 2.41. The molecule has 1 N–H and O–H groups in total. The molecule has 3 rings (SSSR count). The second-order valence-corrected chi connectivity index (χ2v) is 6.52. The SMILES string of the molecule is CC1CC(C)CC(C2NCCOC23COC3)C1. The summed E-state index contributed by atoms with van der Waals surface area (Å²) in [5.41, 5.74) is 0.0136. The topological polar surface area (TPSA) is 30.5 Å². The molecule has 3 nitrogen and oxygen atoms in total. The molecule has 2 heterocycles. The van der Waals surface area contributed by atoms with Gasteiger partial charge in [0.1, 0.15) is 5.60 Å². The molecule has 2 saturated heterocycles. The maximum absolute atomic E-state index is 6.05. The van der Waals surface area contributed by atoms with E-state index in [4.69, 9.17) is 9.47 Å². The Morgan fingerprint density at radius 2 is 1.76 bits per heavy atom. The third kappa shape index (κ3) is 2.13. The lowest BCUT2D eigenvalue weighted by Gasteiger charge is -2.53. The molecular formula is C14H25NO2. The van der Waals surface area contributed by atoms with Crippen LogP contribution in [0.4, 0.5) is 0 Å². The molecular weight excluding hydrogens is 214 g/mol. The lowest BCUT2D eigenvalue weighted by atomic mass is 9.69. The average Bonchev–Trinajstić information content (AvgIpc) is 2.25. The van der Waals surface area contributed by atoms with Crippen molar-refractivity contribution >= 4 is 0 Å². The maximum Gasteiger partial charge on any atom is 0.130 e. The van der Waals surface area contributed by atoms with Gasteiger partial charge in [-0.2, -0.15) is 0 Å². The van der Waals surface area contributed by atoms with Crippen LogP contribution in [0.15, 0.2) is 0 Å². The van der Waals surface area contributed by atoms with E-state index >= 15 is 0 Å². The summed E-state index contributed by atoms with van der Waals surface area (Å²) in [6.45, 7) is 8.24. The van der Waals surface area contributed by atoms with Crippen LogP contribution in [0, 0.1) is 17.8 Å². The molecule has 0 bridgehead atoms. The Hall–Kier alpha value is -0.120. The molecule has 0 aromatic carbocycles. The number of rotatable bonds is 1. The highest BCUT2D eigenvalue weighted by molar-refractivity contribution is 5.04. The minimum absolute atomic E-state index is 0.0136. The minimum atomic E-state index is 0.0136. The summed E-state index contributed by atoms with van der Waals surface area (Å²) < 4.78 is 11.5. The van der Waals surface area contributed by atoms with Gasteiger partial charge in [0.2, 0.25) is 0 Å². The molecule has 3 fully saturated rings. The molecule has 2 aliphatic heterocycles. The largest absolute Gasteiger partial charge is 0.375 e. The highest BCUT2D eigenvalue weighted by Gasteiger charge is 2.52. The van der Waals surface area contributed by atoms with Crippen molar-refractivity contribution in [3.63, 3.8) is 0 Å². The zero-order valence-corrected chi connectivity index (χ0v) is 11.1. The lowest BCUT2D eigenvalue weighted by molar-refractivity contribution is -0.246. The third-order valence-corrected chi connectivity index (χ3v) is 4.80. The third-order valence-electron chi connectivity index (χ3n) is 4.80. The molecule has 0 aromatic heterocycles. The molecule has 1 saturated carbocycles. The predicted molar refractivity (Wildman–Crippen MR) is 67.0 cm³/mol. The molecule has 1 spiro atoms. The molecule has 3 unspecified atom stereocenters. The van der Waals surface area contributed by atoms with Gasteiger partial charge in [0, 0.05) is 12.6 Å². The van der Waals surface area contributed by atoms with Crippen LogP contribution in [0.2, 0.25) is 0 Å². The molecule has 3 aliphatic rings. The van der Waals surface area contributed by atoms with Crippen molar-refractivity contribution in [3.8, 4) is 0 Å². The van der Waals surface area contributed by atoms with Gasteiger partial charge in [0.25, 0.3) is 0 Å². The normalized spacial score (nSPS) is 45.5. The molecule has 0 amide bonds. The summed E-state index contributed by atoms with van der Waals surface area (Å²) in [6, 6.07) is 0.523. The van der Waals surface area contributed by atoms with Gasteiger partial charge in [0.15, 0.2) is 0 Å². The van der Waals surface area contributed by atoms with E-state index < -0.39 is 0 Å². The number of ether oxygens (including phenoxy) is 2. The van der Waals surface area contributed by atoms with Crippen molar-refractivity contribution in [1.29, 1.82) is 0 Å². The Kier molecular flexibility index (Phi) is 3.18. The van der Waals surface area contributed by atoms with Crippen LogP contribution in [0.25, 0.3) is 0 Å². The smallest absolute Gasteiger partial charge is 0.130 e. The predicted octanol–water partition coefficient (Wildman–Crippen LogP) is 1.82. The van der Waals surface area contributed by atoms with E-state index in [-0.39, 0.29) is 5.60 Å². The maximum atomic E-state index is 6.05. The standard InChI is InChI=1S/C14H25NO2/c1-10-5-11(2)7-12(6-10)13-14(8-16-9-14)17-4-3-15-13/h10-13,15H,3-9H2,1-2H3. The molecule has 1 aliphatic carbocycles. The van der Waals surface area contributed by atoms with Crippen molar-refractivity contribution < 1.29 is 9.47 Å². The van der Waals surface area contributed by atoms with Gasteiger partial charge in [-0.25, -0.2) is 0 Å². The fourth-order valence-corrected chi connectivity index (χ4v) is 4.19. The Labute approximate surface area is 104 Å². The van der Waals surface area contributed by atoms with Gasteiger partial charge in [-0.3, -0.25) is 0 Å². The van der Waals surface area contributed by atoms with Gasteiger partial charge in [0.05, 0.1) is 19.8 Å². The fourth-order valence-electron chi connectivity index (χ4n) is 4.19. The number of hydrogen-bond acceptors (Lipinski definition) is 3. The van der Waals surface area contributed by atoms with Crippen molar-refractivity contribution in [2.24, 2.45) is 17.8 Å². The van der Waals surface area contributed by atoms with Crippen LogP contribution in [0.5, 0.6) is 0 Å². The molecule has 17 heavy (non-hydrogen) atoms. The fraction of sp³-hybridized carbons (Fsp3) is 1.00. The Balaban J connectivity index is 1.72. The highest BCUT2D eigenvalue weighted by atomic mass is 16.6. The zero-order chi connectivity index (χ0) is 11.9. The van der Waals surface area contributed by atoms with E-state index in [1.807, 2.05) is 0 Å². The monoisotopic (exact) mass is 239 g/mol. The Bertz CT molecular complexity index is 267. The van der Waals surface area contributed by atoms with E-state index in [1.165, 1.54) is 19.3 Å². The van der Waals surface area contributed by atoms with E-state index in [0.717, 1.165) is 44.1 Å². The van der Waals surface area contributed by atoms with E-state index in [1.54, 1.807) is 0 Å². The summed E-state index contributed by atoms with van der Waals surface area (Å²) in [5, 5.41) is 3.72. The Morgan fingerprint density at radius 1 is 1.06 bits per heavy atom. The lowest BCUT2D eigenvalue weighted by Crippen LogP contribution is -2.70. The second kappa shape index (κ2) is 4.52. The van der Waals surface area contributed by atoms with Crippen LogP contribution in [-0.4, -0.2) is 38.0 Å². The van der Waals surface area contributed by atoms with Gasteiger partial charge < -0.3 is 14.8 Å². The summed E-state index contributed by atoms with van der Waals surface area (Å²) in [4.78, 5) is 0. The van der Waals surface area contributed by atoms with E-state index in [2.05, 4.69) is 19.2 Å². The number of morpholine rings is 1. The van der Waals surface area contributed by atoms with Crippen LogP contribution >= 0.6 is 0 Å². The van der Waals surface area contributed by atoms with Crippen molar-refractivity contribution in [1.82, 2.24) is 5.32 Å². The van der Waals surface area contributed by atoms with Crippen molar-refractivity contribution in [2.45, 2.75) is 44.8 Å². The van der Waals surface area contributed by atoms with Crippen molar-refractivity contribution in [3.05, 3.63) is 0 Å². The van der Waals surface area contributed by atoms with Crippen molar-refractivity contribution in [2.75, 3.05) is 26.4 Å². The average molecular weight is 239 g/mol. The molecule has 3 atom stereocenters. The quantitative estimate of drug-likeness (QED) is 0.757. The molecule has 98 valence electrons. The first-order valence-corrected chi connectivity index (χ1v) is 7.15. The summed E-state index contributed by atoms with van der Waals surface area (Å²) >= 11 is 0. The molecule has 0 aromatic rings. The first-order chi connectivity index (χ1) is 8.20. The van der Waals surface area contributed by atoms with Gasteiger partial charge in [-0.15, -0.1) is 0 Å². The first-order valence-electron chi connectivity index (χ1n) is 7.15. The minimum Gasteiger partial charge on any atom is -0.375 e. The number of nitrogens with one attached hydrogen (secondary N) is 1. The second-order valence-electron chi connectivity index (χ2n) is 6.52. The van der Waals surface area contributed by atoms with Gasteiger partial charge >= 0.3 is 0 Å². The number of hydrogen-bond donors (Lipinski definition) is 1. The summed E-state index contributed by atoms with van der Waals surface area (Å²) in [7, 11) is 0. The summed E-state index contributed by atoms with van der Waals surface area (Å²) in [6.07, 6.45) is 4.10. The van der Waals surface area contributed by atoms with E-state index in [9.17, 15) is 0 Å². The van der Waals surface area contributed by atoms with E-state index in [0.29, 0.717) is 6.04 Å². The van der Waals surface area contributed by atoms with Crippen LogP contribution in [0.1, 0.15) is 33.1 Å². The first kappa shape index (κ1) is 11.9. The van der Waals surface area contributed by atoms with Crippen LogP contribution < -0.4 is 5.32 Å². The molecule has 0 radical (unpaired) electrons. The zero-order valence-electron chi connectivity index (χ0n) is 11.1. The summed E-state index contributed by atoms with van der Waals surface area (Å²) in [5.74, 6) is 2.51. The van der Waals surface area contributed by atoms with Gasteiger partial charge in [-0.1, -0.05) is 13.8 Å². The van der Waals surface area contributed by atoms with Crippen LogP contribution in [-0.2, 0) is 9.47 Å². The molecule has 3 heteroatoms. The van der Waals surface area contributed by atoms with Gasteiger partial charge in [-0.05, 0) is 37.0 Å². The Morgan fingerprint density at radius 3 is 2.35 bits per heavy atom. The van der Waals surface area contributed by atoms with Crippen LogP contribution in [0.3, 0.4) is 0 Å².